The highest BCUT2D eigenvalue weighted by Gasteiger charge is 2.35. The zero-order valence-electron chi connectivity index (χ0n) is 20.2. The van der Waals surface area contributed by atoms with Crippen molar-refractivity contribution in [3.8, 4) is 0 Å². The number of hydrogen-bond donors (Lipinski definition) is 2. The number of aryl methyl sites for hydroxylation is 1. The van der Waals surface area contributed by atoms with Gasteiger partial charge in [-0.3, -0.25) is 4.90 Å². The number of urea groups is 1. The molecule has 1 fully saturated rings. The summed E-state index contributed by atoms with van der Waals surface area (Å²) < 4.78 is 32.7. The molecule has 2 N–H and O–H groups in total. The van der Waals surface area contributed by atoms with Crippen molar-refractivity contribution >= 4 is 17.7 Å². The van der Waals surface area contributed by atoms with E-state index < -0.39 is 29.7 Å². The fourth-order valence-electron chi connectivity index (χ4n) is 4.58. The fraction of sp³-hybridized carbons (Fsp3) is 0.385. The average molecular weight is 485 g/mol. The van der Waals surface area contributed by atoms with Gasteiger partial charge in [0.15, 0.2) is 11.6 Å². The molecule has 0 bridgehead atoms. The van der Waals surface area contributed by atoms with Crippen molar-refractivity contribution in [1.82, 2.24) is 15.5 Å². The Balaban J connectivity index is 1.58. The molecule has 2 aromatic carbocycles. The second-order valence-electron chi connectivity index (χ2n) is 8.80. The number of esters is 1. The molecule has 1 atom stereocenters. The summed E-state index contributed by atoms with van der Waals surface area (Å²) in [5.74, 6) is -2.67. The first-order valence-electron chi connectivity index (χ1n) is 11.7. The normalized spacial score (nSPS) is 18.8. The minimum absolute atomic E-state index is 0.141. The summed E-state index contributed by atoms with van der Waals surface area (Å²) in [6, 6.07) is 8.14. The Hall–Kier alpha value is -3.46. The molecule has 35 heavy (non-hydrogen) atoms. The van der Waals surface area contributed by atoms with Gasteiger partial charge in [0.05, 0.1) is 18.2 Å². The third kappa shape index (κ3) is 5.30. The molecule has 0 saturated carbocycles. The smallest absolute Gasteiger partial charge is 0.338 e. The summed E-state index contributed by atoms with van der Waals surface area (Å²) >= 11 is 0. The van der Waals surface area contributed by atoms with Crippen LogP contribution in [0.5, 0.6) is 0 Å². The molecular weight excluding hydrogens is 454 g/mol. The van der Waals surface area contributed by atoms with E-state index in [0.717, 1.165) is 38.3 Å². The minimum Gasteiger partial charge on any atom is -0.463 e. The van der Waals surface area contributed by atoms with Crippen LogP contribution in [0.25, 0.3) is 0 Å². The molecule has 4 rings (SSSR count). The molecule has 2 aromatic rings. The number of ether oxygens (including phenoxy) is 1. The van der Waals surface area contributed by atoms with Gasteiger partial charge in [-0.25, -0.2) is 18.4 Å². The monoisotopic (exact) mass is 484 g/mol. The predicted octanol–water partition coefficient (Wildman–Crippen LogP) is 3.57. The first-order chi connectivity index (χ1) is 16.8. The number of rotatable bonds is 6. The third-order valence-corrected chi connectivity index (χ3v) is 6.60. The van der Waals surface area contributed by atoms with Crippen LogP contribution in [-0.4, -0.2) is 56.2 Å². The molecule has 0 spiro atoms. The van der Waals surface area contributed by atoms with Crippen molar-refractivity contribution in [3.05, 3.63) is 76.0 Å². The highest BCUT2D eigenvalue weighted by Crippen LogP contribution is 2.30. The van der Waals surface area contributed by atoms with Crippen molar-refractivity contribution in [1.29, 1.82) is 0 Å². The van der Waals surface area contributed by atoms with E-state index in [4.69, 9.17) is 4.74 Å². The Morgan fingerprint density at radius 2 is 1.83 bits per heavy atom. The topological polar surface area (TPSA) is 73.9 Å². The molecule has 0 unspecified atom stereocenters. The number of nitrogens with zero attached hydrogens (tertiary/aromatic N) is 2. The summed E-state index contributed by atoms with van der Waals surface area (Å²) in [4.78, 5) is 29.9. The molecule has 2 heterocycles. The van der Waals surface area contributed by atoms with Crippen LogP contribution in [0.2, 0.25) is 0 Å². The van der Waals surface area contributed by atoms with Gasteiger partial charge in [0, 0.05) is 44.1 Å². The lowest BCUT2D eigenvalue weighted by molar-refractivity contribution is -0.139. The van der Waals surface area contributed by atoms with Crippen molar-refractivity contribution in [3.63, 3.8) is 0 Å². The maximum Gasteiger partial charge on any atom is 0.338 e. The SMILES string of the molecule is CCOC(=O)C1=C(CN2CCN(c3cccc(C)c3C)CC2)NC(=O)N[C@@H]1c1ccc(F)c(F)c1. The number of carbonyl (C=O) groups excluding carboxylic acids is 2. The molecule has 2 aliphatic heterocycles. The van der Waals surface area contributed by atoms with Gasteiger partial charge >= 0.3 is 12.0 Å². The van der Waals surface area contributed by atoms with Gasteiger partial charge in [-0.15, -0.1) is 0 Å². The minimum atomic E-state index is -1.05. The summed E-state index contributed by atoms with van der Waals surface area (Å²) in [6.07, 6.45) is 0. The van der Waals surface area contributed by atoms with Gasteiger partial charge in [-0.05, 0) is 55.7 Å². The van der Waals surface area contributed by atoms with Crippen LogP contribution in [0, 0.1) is 25.5 Å². The van der Waals surface area contributed by atoms with Crippen molar-refractivity contribution in [2.75, 3.05) is 44.2 Å². The van der Waals surface area contributed by atoms with E-state index in [1.807, 2.05) is 0 Å². The molecule has 9 heteroatoms. The number of piperazine rings is 1. The van der Waals surface area contributed by atoms with Crippen LogP contribution in [0.3, 0.4) is 0 Å². The number of carbonyl (C=O) groups is 2. The Bertz CT molecular complexity index is 1160. The van der Waals surface area contributed by atoms with Gasteiger partial charge in [0.25, 0.3) is 0 Å². The quantitative estimate of drug-likeness (QED) is 0.614. The van der Waals surface area contributed by atoms with E-state index in [-0.39, 0.29) is 17.7 Å². The zero-order valence-corrected chi connectivity index (χ0v) is 20.2. The Morgan fingerprint density at radius 1 is 1.09 bits per heavy atom. The van der Waals surface area contributed by atoms with Crippen LogP contribution in [-0.2, 0) is 9.53 Å². The molecule has 0 radical (unpaired) electrons. The number of anilines is 1. The highest BCUT2D eigenvalue weighted by molar-refractivity contribution is 5.95. The van der Waals surface area contributed by atoms with E-state index in [1.54, 1.807) is 6.92 Å². The van der Waals surface area contributed by atoms with Gasteiger partial charge in [0.2, 0.25) is 0 Å². The van der Waals surface area contributed by atoms with Crippen molar-refractivity contribution in [2.45, 2.75) is 26.8 Å². The maximum absolute atomic E-state index is 14.0. The predicted molar refractivity (Wildman–Crippen MR) is 129 cm³/mol. The number of benzene rings is 2. The number of nitrogens with one attached hydrogen (secondary N) is 2. The van der Waals surface area contributed by atoms with E-state index >= 15 is 0 Å². The molecule has 1 saturated heterocycles. The fourth-order valence-corrected chi connectivity index (χ4v) is 4.58. The van der Waals surface area contributed by atoms with E-state index in [0.29, 0.717) is 12.2 Å². The first kappa shape index (κ1) is 24.7. The molecule has 0 aromatic heterocycles. The summed E-state index contributed by atoms with van der Waals surface area (Å²) in [6.45, 7) is 9.42. The largest absolute Gasteiger partial charge is 0.463 e. The van der Waals surface area contributed by atoms with E-state index in [1.165, 1.54) is 22.9 Å². The van der Waals surface area contributed by atoms with Crippen molar-refractivity contribution in [2.24, 2.45) is 0 Å². The molecule has 186 valence electrons. The Morgan fingerprint density at radius 3 is 2.51 bits per heavy atom. The summed E-state index contributed by atoms with van der Waals surface area (Å²) in [5, 5.41) is 5.40. The molecule has 2 amide bonds. The van der Waals surface area contributed by atoms with Crippen LogP contribution in [0.15, 0.2) is 47.7 Å². The van der Waals surface area contributed by atoms with Gasteiger partial charge < -0.3 is 20.3 Å². The summed E-state index contributed by atoms with van der Waals surface area (Å²) in [7, 11) is 0. The zero-order chi connectivity index (χ0) is 25.1. The average Bonchev–Trinajstić information content (AvgIpc) is 2.83. The van der Waals surface area contributed by atoms with Crippen LogP contribution in [0.4, 0.5) is 19.3 Å². The van der Waals surface area contributed by atoms with Crippen molar-refractivity contribution < 1.29 is 23.1 Å². The maximum atomic E-state index is 14.0. The number of amides is 2. The second-order valence-corrected chi connectivity index (χ2v) is 8.80. The first-order valence-corrected chi connectivity index (χ1v) is 11.7. The second kappa shape index (κ2) is 10.4. The molecule has 0 aliphatic carbocycles. The highest BCUT2D eigenvalue weighted by atomic mass is 19.2. The standard InChI is InChI=1S/C26H30F2N4O3/c1-4-35-25(33)23-21(29-26(34)30-24(23)18-8-9-19(27)20(28)14-18)15-31-10-12-32(13-11-31)22-7-5-6-16(2)17(22)3/h5-9,14,24H,4,10-13,15H2,1-3H3,(H2,29,30,34)/t24-/m1/s1. The van der Waals surface area contributed by atoms with Gasteiger partial charge in [-0.2, -0.15) is 0 Å². The molecule has 2 aliphatic rings. The van der Waals surface area contributed by atoms with Crippen LogP contribution >= 0.6 is 0 Å². The summed E-state index contributed by atoms with van der Waals surface area (Å²) in [5.41, 5.74) is 4.57. The van der Waals surface area contributed by atoms with E-state index in [2.05, 4.69) is 52.5 Å². The lowest BCUT2D eigenvalue weighted by Crippen LogP contribution is -2.52. The molecule has 7 nitrogen and oxygen atoms in total. The lowest BCUT2D eigenvalue weighted by Gasteiger charge is -2.38. The van der Waals surface area contributed by atoms with Crippen LogP contribution < -0.4 is 15.5 Å². The lowest BCUT2D eigenvalue weighted by atomic mass is 9.94. The van der Waals surface area contributed by atoms with Crippen LogP contribution in [0.1, 0.15) is 29.7 Å². The number of halogens is 2. The Kier molecular flexibility index (Phi) is 7.35. The van der Waals surface area contributed by atoms with Gasteiger partial charge in [-0.1, -0.05) is 18.2 Å². The third-order valence-electron chi connectivity index (χ3n) is 6.60. The molecular formula is C26H30F2N4O3. The Labute approximate surface area is 203 Å². The van der Waals surface area contributed by atoms with E-state index in [9.17, 15) is 18.4 Å². The number of hydrogen-bond acceptors (Lipinski definition) is 5. The van der Waals surface area contributed by atoms with Gasteiger partial charge in [0.1, 0.15) is 0 Å².